The summed E-state index contributed by atoms with van der Waals surface area (Å²) >= 11 is 0. The van der Waals surface area contributed by atoms with Crippen molar-refractivity contribution in [3.05, 3.63) is 24.0 Å². The summed E-state index contributed by atoms with van der Waals surface area (Å²) in [5.41, 5.74) is 0.333. The average Bonchev–Trinajstić information content (AvgIpc) is 2.51. The Hall–Kier alpha value is -1.91. The topological polar surface area (TPSA) is 76.4 Å². The van der Waals surface area contributed by atoms with Gasteiger partial charge in [-0.1, -0.05) is 0 Å². The van der Waals surface area contributed by atoms with Crippen molar-refractivity contribution in [1.29, 1.82) is 0 Å². The van der Waals surface area contributed by atoms with Gasteiger partial charge >= 0.3 is 5.97 Å². The third kappa shape index (κ3) is 2.07. The Bertz CT molecular complexity index is 391. The molecule has 0 atom stereocenters. The third-order valence-electron chi connectivity index (χ3n) is 1.79. The van der Waals surface area contributed by atoms with Crippen LogP contribution in [0.25, 0.3) is 0 Å². The molecule has 1 N–H and O–H groups in total. The molecule has 0 aliphatic heterocycles. The van der Waals surface area contributed by atoms with Gasteiger partial charge in [0.1, 0.15) is 0 Å². The van der Waals surface area contributed by atoms with Gasteiger partial charge in [0.15, 0.2) is 5.78 Å². The lowest BCUT2D eigenvalue weighted by molar-refractivity contribution is -0.148. The van der Waals surface area contributed by atoms with Gasteiger partial charge in [0, 0.05) is 13.2 Å². The van der Waals surface area contributed by atoms with E-state index in [1.54, 1.807) is 19.3 Å². The molecule has 0 radical (unpaired) electrons. The van der Waals surface area contributed by atoms with Crippen LogP contribution in [0, 0.1) is 0 Å². The van der Waals surface area contributed by atoms with E-state index in [4.69, 9.17) is 5.11 Å². The van der Waals surface area contributed by atoms with Gasteiger partial charge in [-0.25, -0.2) is 4.79 Å². The molecule has 0 saturated heterocycles. The minimum absolute atomic E-state index is 0.333. The van der Waals surface area contributed by atoms with Gasteiger partial charge in [-0.3, -0.25) is 9.59 Å². The van der Waals surface area contributed by atoms with Gasteiger partial charge in [-0.15, -0.1) is 0 Å². The van der Waals surface area contributed by atoms with Gasteiger partial charge in [-0.05, 0) is 12.1 Å². The minimum atomic E-state index is -1.58. The van der Waals surface area contributed by atoms with E-state index < -0.39 is 24.0 Å². The second-order valence-corrected chi connectivity index (χ2v) is 2.83. The summed E-state index contributed by atoms with van der Waals surface area (Å²) in [6, 6.07) is 3.19. The van der Waals surface area contributed by atoms with Gasteiger partial charge in [0.25, 0.3) is 0 Å². The van der Waals surface area contributed by atoms with Crippen molar-refractivity contribution in [2.45, 2.75) is 6.42 Å². The molecule has 0 aliphatic carbocycles. The molecule has 1 rings (SSSR count). The predicted molar refractivity (Wildman–Crippen MR) is 47.0 cm³/mol. The quantitative estimate of drug-likeness (QED) is 0.424. The van der Waals surface area contributed by atoms with E-state index in [0.29, 0.717) is 5.69 Å². The Labute approximate surface area is 80.0 Å². The van der Waals surface area contributed by atoms with Crippen molar-refractivity contribution >= 4 is 17.5 Å². The number of hydrogen-bond donors (Lipinski definition) is 1. The predicted octanol–water partition coefficient (Wildman–Crippen LogP) is 0.252. The number of ketones is 2. The second-order valence-electron chi connectivity index (χ2n) is 2.83. The van der Waals surface area contributed by atoms with Crippen LogP contribution in [0.15, 0.2) is 18.3 Å². The zero-order valence-corrected chi connectivity index (χ0v) is 7.56. The molecule has 1 heterocycles. The first-order valence-corrected chi connectivity index (χ1v) is 3.93. The highest BCUT2D eigenvalue weighted by molar-refractivity contribution is 6.37. The molecule has 5 heteroatoms. The lowest BCUT2D eigenvalue weighted by Crippen LogP contribution is -2.18. The molecule has 14 heavy (non-hydrogen) atoms. The fourth-order valence-electron chi connectivity index (χ4n) is 1.06. The average molecular weight is 195 g/mol. The van der Waals surface area contributed by atoms with Crippen molar-refractivity contribution in [1.82, 2.24) is 4.57 Å². The SMILES string of the molecule is Cn1cccc1C(=O)CC(=O)C(=O)O. The molecule has 74 valence electrons. The first-order chi connectivity index (χ1) is 6.52. The van der Waals surface area contributed by atoms with Crippen LogP contribution in [0.4, 0.5) is 0 Å². The molecule has 0 aliphatic rings. The normalized spacial score (nSPS) is 9.79. The molecule has 5 nitrogen and oxygen atoms in total. The molecule has 0 amide bonds. The highest BCUT2D eigenvalue weighted by Crippen LogP contribution is 2.04. The van der Waals surface area contributed by atoms with Gasteiger partial charge < -0.3 is 9.67 Å². The molecular formula is C9H9NO4. The van der Waals surface area contributed by atoms with Gasteiger partial charge in [0.05, 0.1) is 12.1 Å². The maximum absolute atomic E-state index is 11.3. The Morgan fingerprint density at radius 2 is 2.07 bits per heavy atom. The van der Waals surface area contributed by atoms with Crippen LogP contribution in [0.1, 0.15) is 16.9 Å². The summed E-state index contributed by atoms with van der Waals surface area (Å²) in [5.74, 6) is -3.14. The van der Waals surface area contributed by atoms with E-state index >= 15 is 0 Å². The molecule has 1 aromatic rings. The fourth-order valence-corrected chi connectivity index (χ4v) is 1.06. The summed E-state index contributed by atoms with van der Waals surface area (Å²) in [5, 5.41) is 8.29. The largest absolute Gasteiger partial charge is 0.475 e. The maximum Gasteiger partial charge on any atom is 0.372 e. The monoisotopic (exact) mass is 195 g/mol. The van der Waals surface area contributed by atoms with Crippen LogP contribution in [0.2, 0.25) is 0 Å². The summed E-state index contributed by atoms with van der Waals surface area (Å²) in [6.45, 7) is 0. The molecule has 0 spiro atoms. The number of nitrogens with zero attached hydrogens (tertiary/aromatic N) is 1. The van der Waals surface area contributed by atoms with Crippen LogP contribution in [-0.4, -0.2) is 27.2 Å². The highest BCUT2D eigenvalue weighted by Gasteiger charge is 2.18. The van der Waals surface area contributed by atoms with Gasteiger partial charge in [0.2, 0.25) is 5.78 Å². The smallest absolute Gasteiger partial charge is 0.372 e. The molecule has 1 aromatic heterocycles. The Morgan fingerprint density at radius 3 is 2.50 bits per heavy atom. The Kier molecular flexibility index (Phi) is 2.81. The molecule has 0 aromatic carbocycles. The Balaban J connectivity index is 2.74. The van der Waals surface area contributed by atoms with Gasteiger partial charge in [-0.2, -0.15) is 0 Å². The van der Waals surface area contributed by atoms with E-state index in [9.17, 15) is 14.4 Å². The number of hydrogen-bond acceptors (Lipinski definition) is 3. The molecular weight excluding hydrogens is 186 g/mol. The van der Waals surface area contributed by atoms with Crippen molar-refractivity contribution in [3.63, 3.8) is 0 Å². The van der Waals surface area contributed by atoms with Crippen molar-refractivity contribution in [3.8, 4) is 0 Å². The standard InChI is InChI=1S/C9H9NO4/c1-10-4-2-3-6(10)7(11)5-8(12)9(13)14/h2-4H,5H2,1H3,(H,13,14). The van der Waals surface area contributed by atoms with Crippen LogP contribution < -0.4 is 0 Å². The van der Waals surface area contributed by atoms with Crippen LogP contribution in [0.3, 0.4) is 0 Å². The first kappa shape index (κ1) is 10.2. The Morgan fingerprint density at radius 1 is 1.43 bits per heavy atom. The lowest BCUT2D eigenvalue weighted by Gasteiger charge is -1.99. The summed E-state index contributed by atoms with van der Waals surface area (Å²) in [4.78, 5) is 32.2. The number of aliphatic carboxylic acids is 1. The van der Waals surface area contributed by atoms with E-state index in [2.05, 4.69) is 0 Å². The number of Topliss-reactive ketones (excluding diaryl/α,β-unsaturated/α-hetero) is 2. The zero-order valence-electron chi connectivity index (χ0n) is 7.56. The summed E-state index contributed by atoms with van der Waals surface area (Å²) in [6.07, 6.45) is 1.06. The molecule has 0 saturated carbocycles. The van der Waals surface area contributed by atoms with Crippen molar-refractivity contribution < 1.29 is 19.5 Å². The number of carboxylic acid groups (broad SMARTS) is 1. The fraction of sp³-hybridized carbons (Fsp3) is 0.222. The number of rotatable bonds is 4. The number of carboxylic acids is 1. The molecule has 0 bridgehead atoms. The zero-order chi connectivity index (χ0) is 10.7. The van der Waals surface area contributed by atoms with Crippen molar-refractivity contribution in [2.75, 3.05) is 0 Å². The first-order valence-electron chi connectivity index (χ1n) is 3.93. The van der Waals surface area contributed by atoms with E-state index in [1.165, 1.54) is 10.6 Å². The van der Waals surface area contributed by atoms with Crippen molar-refractivity contribution in [2.24, 2.45) is 7.05 Å². The molecule has 0 unspecified atom stereocenters. The number of aryl methyl sites for hydroxylation is 1. The maximum atomic E-state index is 11.3. The van der Waals surface area contributed by atoms with E-state index in [-0.39, 0.29) is 0 Å². The van der Waals surface area contributed by atoms with E-state index in [0.717, 1.165) is 0 Å². The number of carbonyl (C=O) groups excluding carboxylic acids is 2. The third-order valence-corrected chi connectivity index (χ3v) is 1.79. The van der Waals surface area contributed by atoms with Crippen LogP contribution >= 0.6 is 0 Å². The van der Waals surface area contributed by atoms with E-state index in [1.807, 2.05) is 0 Å². The number of aromatic nitrogens is 1. The second kappa shape index (κ2) is 3.87. The van der Waals surface area contributed by atoms with Crippen LogP contribution in [0.5, 0.6) is 0 Å². The highest BCUT2D eigenvalue weighted by atomic mass is 16.4. The number of carbonyl (C=O) groups is 3. The van der Waals surface area contributed by atoms with Crippen LogP contribution in [-0.2, 0) is 16.6 Å². The summed E-state index contributed by atoms with van der Waals surface area (Å²) < 4.78 is 1.54. The summed E-state index contributed by atoms with van der Waals surface area (Å²) in [7, 11) is 1.65. The lowest BCUT2D eigenvalue weighted by atomic mass is 10.1. The minimum Gasteiger partial charge on any atom is -0.475 e. The molecule has 0 fully saturated rings.